The molecular weight excluding hydrogens is 344 g/mol. The van der Waals surface area contributed by atoms with E-state index in [2.05, 4.69) is 22.2 Å². The van der Waals surface area contributed by atoms with Crippen molar-refractivity contribution in [3.63, 3.8) is 0 Å². The van der Waals surface area contributed by atoms with E-state index < -0.39 is 4.92 Å². The number of rotatable bonds is 5. The van der Waals surface area contributed by atoms with Gasteiger partial charge < -0.3 is 15.1 Å². The molecule has 1 saturated heterocycles. The van der Waals surface area contributed by atoms with Crippen LogP contribution in [0.1, 0.15) is 5.56 Å². The van der Waals surface area contributed by atoms with Gasteiger partial charge in [-0.3, -0.25) is 14.9 Å². The summed E-state index contributed by atoms with van der Waals surface area (Å²) < 4.78 is 0. The van der Waals surface area contributed by atoms with Crippen LogP contribution in [0.3, 0.4) is 0 Å². The maximum Gasteiger partial charge on any atom is 0.269 e. The number of carbonyl (C=O) groups excluding carboxylic acids is 1. The second kappa shape index (κ2) is 8.46. The monoisotopic (exact) mass is 366 g/mol. The molecule has 1 fully saturated rings. The van der Waals surface area contributed by atoms with E-state index in [9.17, 15) is 14.9 Å². The number of likely N-dealkylation sites (N-methyl/N-ethyl adjacent to an activating group) is 1. The lowest BCUT2D eigenvalue weighted by molar-refractivity contribution is -0.384. The Morgan fingerprint density at radius 1 is 1.04 bits per heavy atom. The number of hydrogen-bond acceptors (Lipinski definition) is 5. The van der Waals surface area contributed by atoms with E-state index in [0.717, 1.165) is 43.1 Å². The van der Waals surface area contributed by atoms with Crippen molar-refractivity contribution in [3.05, 3.63) is 70.3 Å². The minimum atomic E-state index is -0.452. The van der Waals surface area contributed by atoms with Crippen LogP contribution in [0.2, 0.25) is 0 Å². The van der Waals surface area contributed by atoms with E-state index in [1.165, 1.54) is 18.2 Å². The molecule has 0 unspecified atom stereocenters. The Bertz CT molecular complexity index is 823. The van der Waals surface area contributed by atoms with Crippen LogP contribution in [0.25, 0.3) is 6.08 Å². The first-order valence-electron chi connectivity index (χ1n) is 8.78. The topological polar surface area (TPSA) is 78.7 Å². The molecule has 0 spiro atoms. The van der Waals surface area contributed by atoms with Gasteiger partial charge in [-0.25, -0.2) is 0 Å². The molecule has 7 heteroatoms. The van der Waals surface area contributed by atoms with Gasteiger partial charge in [0.05, 0.1) is 4.92 Å². The number of non-ortho nitro benzene ring substituents is 1. The summed E-state index contributed by atoms with van der Waals surface area (Å²) in [5, 5.41) is 13.5. The first-order chi connectivity index (χ1) is 13.0. The van der Waals surface area contributed by atoms with E-state index in [-0.39, 0.29) is 11.6 Å². The molecule has 0 bridgehead atoms. The van der Waals surface area contributed by atoms with E-state index >= 15 is 0 Å². The smallest absolute Gasteiger partial charge is 0.269 e. The van der Waals surface area contributed by atoms with Crippen molar-refractivity contribution in [2.75, 3.05) is 43.4 Å². The van der Waals surface area contributed by atoms with Crippen LogP contribution in [0, 0.1) is 10.1 Å². The Morgan fingerprint density at radius 3 is 2.26 bits per heavy atom. The zero-order valence-corrected chi connectivity index (χ0v) is 15.2. The van der Waals surface area contributed by atoms with Crippen molar-refractivity contribution < 1.29 is 9.72 Å². The summed E-state index contributed by atoms with van der Waals surface area (Å²) in [7, 11) is 2.13. The number of amides is 1. The molecule has 1 N–H and O–H groups in total. The molecule has 140 valence electrons. The quantitative estimate of drug-likeness (QED) is 0.500. The predicted octanol–water partition coefficient (Wildman–Crippen LogP) is 3.00. The van der Waals surface area contributed by atoms with Gasteiger partial charge in [0, 0.05) is 55.8 Å². The lowest BCUT2D eigenvalue weighted by atomic mass is 10.2. The molecule has 0 radical (unpaired) electrons. The van der Waals surface area contributed by atoms with Crippen LogP contribution in [-0.4, -0.2) is 49.0 Å². The molecule has 3 rings (SSSR count). The van der Waals surface area contributed by atoms with Crippen molar-refractivity contribution in [2.45, 2.75) is 0 Å². The summed E-state index contributed by atoms with van der Waals surface area (Å²) >= 11 is 0. The Balaban J connectivity index is 1.55. The van der Waals surface area contributed by atoms with E-state index in [0.29, 0.717) is 0 Å². The normalized spacial score (nSPS) is 15.1. The van der Waals surface area contributed by atoms with Gasteiger partial charge in [-0.2, -0.15) is 0 Å². The van der Waals surface area contributed by atoms with E-state index in [1.807, 2.05) is 24.3 Å². The molecule has 7 nitrogen and oxygen atoms in total. The second-order valence-corrected chi connectivity index (χ2v) is 6.51. The molecule has 1 heterocycles. The molecule has 0 saturated carbocycles. The minimum absolute atomic E-state index is 0.0250. The number of piperazine rings is 1. The molecule has 2 aromatic rings. The Kier molecular flexibility index (Phi) is 5.83. The van der Waals surface area contributed by atoms with Gasteiger partial charge in [0.2, 0.25) is 5.91 Å². The molecule has 1 aliphatic heterocycles. The highest BCUT2D eigenvalue weighted by atomic mass is 16.6. The fraction of sp³-hybridized carbons (Fsp3) is 0.250. The van der Waals surface area contributed by atoms with Gasteiger partial charge in [0.25, 0.3) is 5.69 Å². The molecule has 1 aliphatic rings. The molecule has 27 heavy (non-hydrogen) atoms. The second-order valence-electron chi connectivity index (χ2n) is 6.51. The first-order valence-corrected chi connectivity index (χ1v) is 8.78. The van der Waals surface area contributed by atoms with Gasteiger partial charge >= 0.3 is 0 Å². The average Bonchev–Trinajstić information content (AvgIpc) is 2.68. The zero-order chi connectivity index (χ0) is 19.2. The van der Waals surface area contributed by atoms with Gasteiger partial charge in [-0.05, 0) is 55.1 Å². The lowest BCUT2D eigenvalue weighted by Crippen LogP contribution is -2.44. The Hall–Kier alpha value is -3.19. The van der Waals surface area contributed by atoms with Crippen molar-refractivity contribution in [3.8, 4) is 0 Å². The predicted molar refractivity (Wildman–Crippen MR) is 107 cm³/mol. The summed E-state index contributed by atoms with van der Waals surface area (Å²) in [6.45, 7) is 4.10. The number of anilines is 2. The molecule has 1 amide bonds. The van der Waals surface area contributed by atoms with Crippen LogP contribution in [-0.2, 0) is 4.79 Å². The first kappa shape index (κ1) is 18.6. The van der Waals surface area contributed by atoms with E-state index in [1.54, 1.807) is 18.2 Å². The van der Waals surface area contributed by atoms with Crippen LogP contribution < -0.4 is 10.2 Å². The van der Waals surface area contributed by atoms with Crippen LogP contribution in [0.15, 0.2) is 54.6 Å². The average molecular weight is 366 g/mol. The highest BCUT2D eigenvalue weighted by Crippen LogP contribution is 2.19. The van der Waals surface area contributed by atoms with Crippen molar-refractivity contribution >= 4 is 29.0 Å². The number of nitro benzene ring substituents is 1. The molecule has 2 aromatic carbocycles. The highest BCUT2D eigenvalue weighted by molar-refractivity contribution is 6.02. The number of nitro groups is 1. The maximum atomic E-state index is 12.1. The minimum Gasteiger partial charge on any atom is -0.369 e. The van der Waals surface area contributed by atoms with Crippen LogP contribution >= 0.6 is 0 Å². The van der Waals surface area contributed by atoms with Gasteiger partial charge in [0.15, 0.2) is 0 Å². The fourth-order valence-corrected chi connectivity index (χ4v) is 2.88. The molecule has 0 aromatic heterocycles. The van der Waals surface area contributed by atoms with Crippen LogP contribution in [0.5, 0.6) is 0 Å². The van der Waals surface area contributed by atoms with Crippen molar-refractivity contribution in [1.29, 1.82) is 0 Å². The largest absolute Gasteiger partial charge is 0.369 e. The fourth-order valence-electron chi connectivity index (χ4n) is 2.88. The Morgan fingerprint density at radius 2 is 1.67 bits per heavy atom. The molecular formula is C20H22N4O3. The van der Waals surface area contributed by atoms with Gasteiger partial charge in [-0.1, -0.05) is 0 Å². The lowest BCUT2D eigenvalue weighted by Gasteiger charge is -2.34. The van der Waals surface area contributed by atoms with Gasteiger partial charge in [-0.15, -0.1) is 0 Å². The third-order valence-electron chi connectivity index (χ3n) is 4.53. The third kappa shape index (κ3) is 5.15. The number of carbonyl (C=O) groups is 1. The molecule has 0 atom stereocenters. The summed E-state index contributed by atoms with van der Waals surface area (Å²) in [5.74, 6) is -0.249. The third-order valence-corrected chi connectivity index (χ3v) is 4.53. The zero-order valence-electron chi connectivity index (χ0n) is 15.2. The standard InChI is InChI=1S/C20H22N4O3/c1-22-12-14-23(15-13-22)18-9-5-17(6-10-18)21-20(25)11-4-16-2-7-19(8-3-16)24(26)27/h2-11H,12-15H2,1H3,(H,21,25)/b11-4+. The summed E-state index contributed by atoms with van der Waals surface area (Å²) in [6.07, 6.45) is 3.03. The number of nitrogens with one attached hydrogen (secondary N) is 1. The SMILES string of the molecule is CN1CCN(c2ccc(NC(=O)/C=C/c3ccc([N+](=O)[O-])cc3)cc2)CC1. The Labute approximate surface area is 158 Å². The van der Waals surface area contributed by atoms with Crippen molar-refractivity contribution in [1.82, 2.24) is 4.90 Å². The highest BCUT2D eigenvalue weighted by Gasteiger charge is 2.14. The number of nitrogens with zero attached hydrogens (tertiary/aromatic N) is 3. The summed E-state index contributed by atoms with van der Waals surface area (Å²) in [5.41, 5.74) is 2.63. The molecule has 0 aliphatic carbocycles. The number of benzene rings is 2. The summed E-state index contributed by atoms with van der Waals surface area (Å²) in [6, 6.07) is 13.8. The summed E-state index contributed by atoms with van der Waals surface area (Å²) in [4.78, 5) is 26.9. The van der Waals surface area contributed by atoms with Gasteiger partial charge in [0.1, 0.15) is 0 Å². The number of hydrogen-bond donors (Lipinski definition) is 1. The van der Waals surface area contributed by atoms with Crippen LogP contribution in [0.4, 0.5) is 17.1 Å². The maximum absolute atomic E-state index is 12.1. The van der Waals surface area contributed by atoms with E-state index in [4.69, 9.17) is 0 Å². The van der Waals surface area contributed by atoms with Crippen molar-refractivity contribution in [2.24, 2.45) is 0 Å².